The van der Waals surface area contributed by atoms with E-state index in [1.54, 1.807) is 12.1 Å². The summed E-state index contributed by atoms with van der Waals surface area (Å²) in [6, 6.07) is 3.61. The van der Waals surface area contributed by atoms with Crippen molar-refractivity contribution in [3.63, 3.8) is 0 Å². The van der Waals surface area contributed by atoms with E-state index in [4.69, 9.17) is 26.4 Å². The molecule has 34 heavy (non-hydrogen) atoms. The highest BCUT2D eigenvalue weighted by atomic mass is 32.1. The second-order valence-electron chi connectivity index (χ2n) is 10.2. The molecule has 7 nitrogen and oxygen atoms in total. The highest BCUT2D eigenvalue weighted by molar-refractivity contribution is 7.80. The Bertz CT molecular complexity index is 844. The van der Waals surface area contributed by atoms with Crippen LogP contribution in [0, 0.1) is 23.2 Å². The minimum absolute atomic E-state index is 0.275. The van der Waals surface area contributed by atoms with Crippen molar-refractivity contribution in [2.45, 2.75) is 72.3 Å². The molecule has 4 aliphatic carbocycles. The van der Waals surface area contributed by atoms with Crippen LogP contribution in [0.5, 0.6) is 17.2 Å². The average molecular weight is 490 g/mol. The SMILES string of the molecule is CCOc1cc(C(=O)NNC(=S)NC(C)C23CC4CC(CC(C4)C2)C3)cc(OCC)c1OCC. The minimum Gasteiger partial charge on any atom is -0.490 e. The molecule has 4 aliphatic rings. The molecular weight excluding hydrogens is 450 g/mol. The number of carbonyl (C=O) groups excluding carboxylic acids is 1. The van der Waals surface area contributed by atoms with Crippen LogP contribution >= 0.6 is 12.2 Å². The highest BCUT2D eigenvalue weighted by Gasteiger charge is 2.53. The van der Waals surface area contributed by atoms with E-state index in [0.29, 0.717) is 53.2 Å². The standard InChI is InChI=1S/C26H39N3O4S/c1-5-31-21-11-20(12-22(32-6-2)23(21)33-7-3)24(30)28-29-25(34)27-16(4)26-13-17-8-18(14-26)10-19(9-17)15-26/h11-12,16-19H,5-10,13-15H2,1-4H3,(H,28,30)(H2,27,29,34). The van der Waals surface area contributed by atoms with Crippen molar-refractivity contribution >= 4 is 23.2 Å². The first kappa shape index (κ1) is 24.9. The van der Waals surface area contributed by atoms with E-state index in [2.05, 4.69) is 23.1 Å². The topological polar surface area (TPSA) is 80.9 Å². The lowest BCUT2D eigenvalue weighted by Crippen LogP contribution is -2.58. The number of hydrogen-bond donors (Lipinski definition) is 3. The van der Waals surface area contributed by atoms with E-state index in [-0.39, 0.29) is 11.9 Å². The predicted octanol–water partition coefficient (Wildman–Crippen LogP) is 4.60. The Hall–Kier alpha value is -2.22. The van der Waals surface area contributed by atoms with Gasteiger partial charge in [-0.2, -0.15) is 0 Å². The van der Waals surface area contributed by atoms with Crippen LogP contribution in [0.25, 0.3) is 0 Å². The maximum Gasteiger partial charge on any atom is 0.269 e. The van der Waals surface area contributed by atoms with Crippen molar-refractivity contribution < 1.29 is 19.0 Å². The molecule has 5 rings (SSSR count). The molecule has 1 unspecified atom stereocenters. The van der Waals surface area contributed by atoms with Gasteiger partial charge in [0.1, 0.15) is 0 Å². The number of rotatable bonds is 9. The quantitative estimate of drug-likeness (QED) is 0.346. The maximum absolute atomic E-state index is 12.9. The van der Waals surface area contributed by atoms with E-state index in [1.165, 1.54) is 38.5 Å². The minimum atomic E-state index is -0.323. The van der Waals surface area contributed by atoms with Gasteiger partial charge in [-0.15, -0.1) is 0 Å². The zero-order valence-electron chi connectivity index (χ0n) is 20.9. The normalized spacial score (nSPS) is 27.6. The lowest BCUT2D eigenvalue weighted by atomic mass is 9.48. The van der Waals surface area contributed by atoms with Gasteiger partial charge in [-0.1, -0.05) is 0 Å². The highest BCUT2D eigenvalue weighted by Crippen LogP contribution is 2.61. The zero-order valence-corrected chi connectivity index (χ0v) is 21.7. The first-order chi connectivity index (χ1) is 16.4. The summed E-state index contributed by atoms with van der Waals surface area (Å²) in [4.78, 5) is 12.9. The monoisotopic (exact) mass is 489 g/mol. The Kier molecular flexibility index (Phi) is 7.75. The van der Waals surface area contributed by atoms with Gasteiger partial charge in [0.25, 0.3) is 5.91 Å². The van der Waals surface area contributed by atoms with E-state index in [1.807, 2.05) is 20.8 Å². The van der Waals surface area contributed by atoms with Crippen LogP contribution in [-0.2, 0) is 0 Å². The van der Waals surface area contributed by atoms with Crippen LogP contribution in [-0.4, -0.2) is 36.9 Å². The number of ether oxygens (including phenoxy) is 3. The van der Waals surface area contributed by atoms with Gasteiger partial charge in [-0.25, -0.2) is 0 Å². The molecule has 3 N–H and O–H groups in total. The third-order valence-electron chi connectivity index (χ3n) is 7.81. The average Bonchev–Trinajstić information content (AvgIpc) is 2.78. The lowest BCUT2D eigenvalue weighted by molar-refractivity contribution is -0.0672. The summed E-state index contributed by atoms with van der Waals surface area (Å²) in [6.45, 7) is 9.29. The van der Waals surface area contributed by atoms with Crippen molar-refractivity contribution in [3.8, 4) is 17.2 Å². The number of benzene rings is 1. The molecule has 4 fully saturated rings. The summed E-state index contributed by atoms with van der Waals surface area (Å²) >= 11 is 5.54. The molecule has 188 valence electrons. The van der Waals surface area contributed by atoms with Gasteiger partial charge >= 0.3 is 0 Å². The van der Waals surface area contributed by atoms with Crippen molar-refractivity contribution in [2.75, 3.05) is 19.8 Å². The predicted molar refractivity (Wildman–Crippen MR) is 136 cm³/mol. The molecule has 8 heteroatoms. The van der Waals surface area contributed by atoms with E-state index in [0.717, 1.165) is 17.8 Å². The number of amides is 1. The summed E-state index contributed by atoms with van der Waals surface area (Å²) in [7, 11) is 0. The fraction of sp³-hybridized carbons (Fsp3) is 0.692. The smallest absolute Gasteiger partial charge is 0.269 e. The molecule has 0 spiro atoms. The first-order valence-electron chi connectivity index (χ1n) is 12.8. The largest absolute Gasteiger partial charge is 0.490 e. The molecule has 0 aliphatic heterocycles. The number of nitrogens with one attached hydrogen (secondary N) is 3. The van der Waals surface area contributed by atoms with Gasteiger partial charge in [-0.05, 0) is 114 Å². The Balaban J connectivity index is 1.38. The summed E-state index contributed by atoms with van der Waals surface area (Å²) in [5, 5.41) is 3.91. The molecule has 4 saturated carbocycles. The van der Waals surface area contributed by atoms with E-state index >= 15 is 0 Å². The molecule has 1 aromatic rings. The summed E-state index contributed by atoms with van der Waals surface area (Å²) in [6.07, 6.45) is 8.15. The Morgan fingerprint density at radius 2 is 1.44 bits per heavy atom. The Morgan fingerprint density at radius 1 is 0.941 bits per heavy atom. The molecule has 1 atom stereocenters. The number of hydrazine groups is 1. The van der Waals surface area contributed by atoms with Gasteiger partial charge in [0, 0.05) is 11.6 Å². The van der Waals surface area contributed by atoms with Crippen LogP contribution in [0.3, 0.4) is 0 Å². The van der Waals surface area contributed by atoms with Gasteiger partial charge in [0.05, 0.1) is 19.8 Å². The van der Waals surface area contributed by atoms with Gasteiger partial charge in [-0.3, -0.25) is 15.6 Å². The van der Waals surface area contributed by atoms with E-state index < -0.39 is 0 Å². The molecule has 0 aromatic heterocycles. The lowest BCUT2D eigenvalue weighted by Gasteiger charge is -2.59. The van der Waals surface area contributed by atoms with Crippen LogP contribution in [0.2, 0.25) is 0 Å². The van der Waals surface area contributed by atoms with Crippen molar-refractivity contribution in [2.24, 2.45) is 23.2 Å². The Labute approximate surface area is 208 Å². The molecule has 0 radical (unpaired) electrons. The second-order valence-corrected chi connectivity index (χ2v) is 10.6. The third-order valence-corrected chi connectivity index (χ3v) is 8.03. The summed E-state index contributed by atoms with van der Waals surface area (Å²) in [5.41, 5.74) is 6.35. The summed E-state index contributed by atoms with van der Waals surface area (Å²) < 4.78 is 17.2. The van der Waals surface area contributed by atoms with E-state index in [9.17, 15) is 4.79 Å². The van der Waals surface area contributed by atoms with Crippen molar-refractivity contribution in [1.29, 1.82) is 0 Å². The fourth-order valence-corrected chi connectivity index (χ4v) is 7.03. The second kappa shape index (κ2) is 10.6. The maximum atomic E-state index is 12.9. The van der Waals surface area contributed by atoms with Crippen LogP contribution < -0.4 is 30.4 Å². The van der Waals surface area contributed by atoms with Crippen LogP contribution in [0.4, 0.5) is 0 Å². The van der Waals surface area contributed by atoms with Gasteiger partial charge in [0.2, 0.25) is 5.75 Å². The van der Waals surface area contributed by atoms with Crippen molar-refractivity contribution in [3.05, 3.63) is 17.7 Å². The fourth-order valence-electron chi connectivity index (χ4n) is 6.80. The molecule has 4 bridgehead atoms. The van der Waals surface area contributed by atoms with Crippen molar-refractivity contribution in [1.82, 2.24) is 16.2 Å². The first-order valence-corrected chi connectivity index (χ1v) is 13.2. The molecule has 0 saturated heterocycles. The molecule has 1 amide bonds. The number of thiocarbonyl (C=S) groups is 1. The van der Waals surface area contributed by atoms with Crippen LogP contribution in [0.15, 0.2) is 12.1 Å². The molecular formula is C26H39N3O4S. The third kappa shape index (κ3) is 5.21. The summed E-state index contributed by atoms with van der Waals surface area (Å²) in [5.74, 6) is 3.81. The zero-order chi connectivity index (χ0) is 24.3. The Morgan fingerprint density at radius 3 is 1.91 bits per heavy atom. The molecule has 1 aromatic carbocycles. The van der Waals surface area contributed by atoms with Gasteiger partial charge in [0.15, 0.2) is 16.6 Å². The van der Waals surface area contributed by atoms with Crippen LogP contribution in [0.1, 0.15) is 76.6 Å². The molecule has 0 heterocycles. The number of carbonyl (C=O) groups is 1. The van der Waals surface area contributed by atoms with Gasteiger partial charge < -0.3 is 19.5 Å². The number of hydrogen-bond acceptors (Lipinski definition) is 5.